The predicted molar refractivity (Wildman–Crippen MR) is 159 cm³/mol. The quantitative estimate of drug-likeness (QED) is 0.153. The fourth-order valence-corrected chi connectivity index (χ4v) is 5.55. The lowest BCUT2D eigenvalue weighted by Gasteiger charge is -2.36. The van der Waals surface area contributed by atoms with Gasteiger partial charge in [0.05, 0.1) is 0 Å². The Labute approximate surface area is 242 Å². The molecule has 39 heavy (non-hydrogen) atoms. The van der Waals surface area contributed by atoms with Gasteiger partial charge in [-0.25, -0.2) is 9.97 Å². The van der Waals surface area contributed by atoms with Gasteiger partial charge in [0, 0.05) is 79.1 Å². The van der Waals surface area contributed by atoms with Crippen LogP contribution in [0.1, 0.15) is 21.6 Å². The summed E-state index contributed by atoms with van der Waals surface area (Å²) in [6, 6.07) is 23.2. The van der Waals surface area contributed by atoms with Crippen molar-refractivity contribution in [1.82, 2.24) is 20.3 Å². The van der Waals surface area contributed by atoms with Crippen molar-refractivity contribution in [2.24, 2.45) is 0 Å². The van der Waals surface area contributed by atoms with E-state index in [0.717, 1.165) is 54.0 Å². The number of benzene rings is 2. The van der Waals surface area contributed by atoms with Crippen molar-refractivity contribution in [1.29, 1.82) is 0 Å². The normalized spacial score (nSPS) is 13.4. The van der Waals surface area contributed by atoms with E-state index in [9.17, 15) is 4.79 Å². The molecule has 0 radical (unpaired) electrons. The molecule has 0 aliphatic carbocycles. The maximum Gasteiger partial charge on any atom is 0.251 e. The molecule has 3 heterocycles. The fourth-order valence-electron chi connectivity index (χ4n) is 4.33. The molecule has 0 saturated carbocycles. The lowest BCUT2D eigenvalue weighted by atomic mass is 10.1. The molecule has 200 valence electrons. The summed E-state index contributed by atoms with van der Waals surface area (Å²) in [5, 5.41) is 4.75. The summed E-state index contributed by atoms with van der Waals surface area (Å²) in [5.41, 5.74) is 3.79. The van der Waals surface area contributed by atoms with E-state index in [1.807, 2.05) is 66.7 Å². The third-order valence-corrected chi connectivity index (χ3v) is 7.76. The molecule has 2 aromatic carbocycles. The van der Waals surface area contributed by atoms with E-state index in [0.29, 0.717) is 34.6 Å². The molecule has 2 aromatic heterocycles. The summed E-state index contributed by atoms with van der Waals surface area (Å²) >= 11 is 14.1. The van der Waals surface area contributed by atoms with Crippen LogP contribution in [0.25, 0.3) is 0 Å². The Morgan fingerprint density at radius 2 is 1.69 bits per heavy atom. The Morgan fingerprint density at radius 1 is 0.897 bits per heavy atom. The number of thioether (sulfide) groups is 1. The topological polar surface area (TPSA) is 74.2 Å². The molecule has 4 aromatic rings. The van der Waals surface area contributed by atoms with Crippen LogP contribution < -0.4 is 15.1 Å². The van der Waals surface area contributed by atoms with Crippen LogP contribution in [0, 0.1) is 0 Å². The van der Waals surface area contributed by atoms with E-state index < -0.39 is 0 Å². The van der Waals surface area contributed by atoms with Gasteiger partial charge in [0.2, 0.25) is 0 Å². The van der Waals surface area contributed by atoms with Crippen molar-refractivity contribution in [2.75, 3.05) is 42.5 Å². The zero-order valence-corrected chi connectivity index (χ0v) is 23.6. The largest absolute Gasteiger partial charge is 0.368 e. The Bertz CT molecular complexity index is 1400. The van der Waals surface area contributed by atoms with E-state index in [1.165, 1.54) is 11.8 Å². The monoisotopic (exact) mass is 578 g/mol. The van der Waals surface area contributed by atoms with E-state index in [1.54, 1.807) is 6.20 Å². The number of anilines is 2. The summed E-state index contributed by atoms with van der Waals surface area (Å²) in [7, 11) is 0. The van der Waals surface area contributed by atoms with Gasteiger partial charge in [-0.1, -0.05) is 59.2 Å². The molecule has 0 atom stereocenters. The Hall–Kier alpha value is -3.33. The van der Waals surface area contributed by atoms with Gasteiger partial charge in [-0.05, 0) is 48.0 Å². The minimum absolute atomic E-state index is 0.0941. The highest BCUT2D eigenvalue weighted by Gasteiger charge is 2.20. The van der Waals surface area contributed by atoms with Crippen LogP contribution in [0.3, 0.4) is 0 Å². The minimum atomic E-state index is -0.0941. The molecule has 1 aliphatic heterocycles. The number of rotatable bonds is 9. The second kappa shape index (κ2) is 13.2. The van der Waals surface area contributed by atoms with E-state index >= 15 is 0 Å². The number of carbonyl (C=O) groups excluding carboxylic acids is 1. The zero-order chi connectivity index (χ0) is 27.0. The van der Waals surface area contributed by atoms with Gasteiger partial charge in [0.15, 0.2) is 5.16 Å². The number of nitrogens with one attached hydrogen (secondary N) is 1. The number of hydrogen-bond donors (Lipinski definition) is 1. The highest BCUT2D eigenvalue weighted by molar-refractivity contribution is 7.98. The first kappa shape index (κ1) is 27.2. The smallest absolute Gasteiger partial charge is 0.251 e. The molecule has 7 nitrogen and oxygen atoms in total. The first-order valence-electron chi connectivity index (χ1n) is 12.7. The van der Waals surface area contributed by atoms with Crippen molar-refractivity contribution in [2.45, 2.75) is 17.3 Å². The predicted octanol–water partition coefficient (Wildman–Crippen LogP) is 5.77. The molecule has 0 bridgehead atoms. The van der Waals surface area contributed by atoms with Crippen LogP contribution in [0.15, 0.2) is 84.1 Å². The molecule has 10 heteroatoms. The third-order valence-electron chi connectivity index (χ3n) is 6.41. The maximum atomic E-state index is 12.5. The van der Waals surface area contributed by atoms with Crippen LogP contribution in [0.2, 0.25) is 10.2 Å². The average Bonchev–Trinajstić information content (AvgIpc) is 2.97. The van der Waals surface area contributed by atoms with Crippen LogP contribution >= 0.6 is 35.0 Å². The highest BCUT2D eigenvalue weighted by Crippen LogP contribution is 2.27. The molecule has 1 fully saturated rings. The van der Waals surface area contributed by atoms with Crippen molar-refractivity contribution < 1.29 is 4.79 Å². The molecule has 1 aliphatic rings. The first-order chi connectivity index (χ1) is 19.0. The summed E-state index contributed by atoms with van der Waals surface area (Å²) in [4.78, 5) is 30.5. The van der Waals surface area contributed by atoms with Crippen LogP contribution in [0.5, 0.6) is 0 Å². The molecule has 0 unspecified atom stereocenters. The van der Waals surface area contributed by atoms with Crippen molar-refractivity contribution >= 4 is 52.4 Å². The Morgan fingerprint density at radius 3 is 2.44 bits per heavy atom. The number of pyridine rings is 1. The Kier molecular flexibility index (Phi) is 9.19. The Balaban J connectivity index is 1.12. The minimum Gasteiger partial charge on any atom is -0.368 e. The lowest BCUT2D eigenvalue weighted by Crippen LogP contribution is -2.46. The van der Waals surface area contributed by atoms with E-state index in [4.69, 9.17) is 28.2 Å². The van der Waals surface area contributed by atoms with Crippen molar-refractivity contribution in [3.05, 3.63) is 106 Å². The molecule has 5 rings (SSSR count). The van der Waals surface area contributed by atoms with Crippen molar-refractivity contribution in [3.8, 4) is 0 Å². The zero-order valence-electron chi connectivity index (χ0n) is 21.3. The van der Waals surface area contributed by atoms with E-state index in [-0.39, 0.29) is 5.91 Å². The van der Waals surface area contributed by atoms with Gasteiger partial charge < -0.3 is 15.1 Å². The van der Waals surface area contributed by atoms with Gasteiger partial charge in [-0.15, -0.1) is 0 Å². The number of aromatic nitrogens is 3. The number of halogens is 2. The van der Waals surface area contributed by atoms with Crippen LogP contribution in [0.4, 0.5) is 11.5 Å². The average molecular weight is 580 g/mol. The summed E-state index contributed by atoms with van der Waals surface area (Å²) in [6.45, 7) is 3.93. The van der Waals surface area contributed by atoms with Gasteiger partial charge in [-0.2, -0.15) is 0 Å². The number of carbonyl (C=O) groups is 1. The van der Waals surface area contributed by atoms with Gasteiger partial charge in [0.1, 0.15) is 11.0 Å². The maximum absolute atomic E-state index is 12.5. The number of piperazine rings is 1. The second-order valence-electron chi connectivity index (χ2n) is 9.10. The molecule has 1 saturated heterocycles. The van der Waals surface area contributed by atoms with E-state index in [2.05, 4.69) is 31.2 Å². The summed E-state index contributed by atoms with van der Waals surface area (Å²) in [6.07, 6.45) is 2.45. The summed E-state index contributed by atoms with van der Waals surface area (Å²) < 4.78 is 0. The number of hydrogen-bond acceptors (Lipinski definition) is 7. The summed E-state index contributed by atoms with van der Waals surface area (Å²) in [5.74, 6) is 1.41. The number of amides is 1. The fraction of sp³-hybridized carbons (Fsp3) is 0.241. The molecule has 1 N–H and O–H groups in total. The standard InChI is InChI=1S/C29H28Cl2N6OS/c30-23-4-3-6-25(18-23)36-14-16-37(17-15-36)27-19-26(31)34-29(35-27)39-20-21-7-9-22(10-8-21)28(38)33-13-11-24-5-1-2-12-32-24/h1-10,12,18-19H,11,13-17,20H2,(H,33,38). The second-order valence-corrected chi connectivity index (χ2v) is 10.9. The van der Waals surface area contributed by atoms with Crippen LogP contribution in [-0.2, 0) is 12.2 Å². The first-order valence-corrected chi connectivity index (χ1v) is 14.5. The number of nitrogens with zero attached hydrogens (tertiary/aromatic N) is 5. The third kappa shape index (κ3) is 7.62. The molecular formula is C29H28Cl2N6OS. The highest BCUT2D eigenvalue weighted by atomic mass is 35.5. The van der Waals surface area contributed by atoms with Crippen LogP contribution in [-0.4, -0.2) is 53.6 Å². The SMILES string of the molecule is O=C(NCCc1ccccn1)c1ccc(CSc2nc(Cl)cc(N3CCN(c4cccc(Cl)c4)CC3)n2)cc1. The lowest BCUT2D eigenvalue weighted by molar-refractivity contribution is 0.0954. The molecule has 1 amide bonds. The van der Waals surface area contributed by atoms with Gasteiger partial charge in [0.25, 0.3) is 5.91 Å². The molecular weight excluding hydrogens is 551 g/mol. The van der Waals surface area contributed by atoms with Crippen molar-refractivity contribution in [3.63, 3.8) is 0 Å². The van der Waals surface area contributed by atoms with Gasteiger partial charge in [-0.3, -0.25) is 9.78 Å². The molecule has 0 spiro atoms. The van der Waals surface area contributed by atoms with Gasteiger partial charge >= 0.3 is 0 Å².